The molecule has 7 unspecified atom stereocenters. The number of phenols is 1. The first-order valence-electron chi connectivity index (χ1n) is 24.7. The van der Waals surface area contributed by atoms with Crippen LogP contribution in [0.5, 0.6) is 11.5 Å². The molecular formula is C61H53N5O8. The third kappa shape index (κ3) is 8.57. The van der Waals surface area contributed by atoms with Crippen molar-refractivity contribution in [2.24, 2.45) is 5.92 Å². The number of amides is 4. The van der Waals surface area contributed by atoms with Crippen LogP contribution in [0.1, 0.15) is 70.1 Å². The summed E-state index contributed by atoms with van der Waals surface area (Å²) in [6.07, 6.45) is -0.919. The molecule has 4 amide bonds. The van der Waals surface area contributed by atoms with Gasteiger partial charge in [-0.05, 0) is 114 Å². The van der Waals surface area contributed by atoms with Crippen molar-refractivity contribution in [2.45, 2.75) is 42.6 Å². The average Bonchev–Trinajstić information content (AvgIpc) is 3.97. The van der Waals surface area contributed by atoms with Crippen LogP contribution in [0, 0.1) is 17.8 Å². The van der Waals surface area contributed by atoms with Gasteiger partial charge in [0.1, 0.15) is 29.1 Å². The Hall–Kier alpha value is -8.70. The molecule has 11 rings (SSSR count). The maximum atomic E-state index is 16.8. The molecule has 7 atom stereocenters. The first-order valence-corrected chi connectivity index (χ1v) is 24.7. The highest BCUT2D eigenvalue weighted by Gasteiger charge is 2.75. The number of anilines is 3. The van der Waals surface area contributed by atoms with Crippen LogP contribution in [0.25, 0.3) is 0 Å². The molecule has 4 aliphatic rings. The number of fused-ring (bicyclic) bond motifs is 3. The second-order valence-electron chi connectivity index (χ2n) is 18.9. The van der Waals surface area contributed by atoms with Crippen molar-refractivity contribution in [1.82, 2.24) is 10.2 Å². The van der Waals surface area contributed by atoms with Gasteiger partial charge in [0, 0.05) is 35.6 Å². The number of carbonyl (C=O) groups is 4. The third-order valence-electron chi connectivity index (χ3n) is 14.7. The van der Waals surface area contributed by atoms with Crippen molar-refractivity contribution in [2.75, 3.05) is 48.5 Å². The van der Waals surface area contributed by atoms with Crippen LogP contribution < -0.4 is 25.2 Å². The van der Waals surface area contributed by atoms with E-state index in [-0.39, 0.29) is 11.4 Å². The molecule has 7 aromatic carbocycles. The molecule has 13 heteroatoms. The summed E-state index contributed by atoms with van der Waals surface area (Å²) in [6, 6.07) is 50.2. The number of benzene rings is 7. The van der Waals surface area contributed by atoms with Crippen molar-refractivity contribution >= 4 is 40.9 Å². The summed E-state index contributed by atoms with van der Waals surface area (Å²) in [4.78, 5) is 68.9. The van der Waals surface area contributed by atoms with Gasteiger partial charge >= 0.3 is 12.0 Å². The number of aromatic hydroxyl groups is 1. The molecule has 0 bridgehead atoms. The Morgan fingerprint density at radius 3 is 2.00 bits per heavy atom. The predicted octanol–water partition coefficient (Wildman–Crippen LogP) is 9.41. The number of esters is 1. The van der Waals surface area contributed by atoms with Crippen LogP contribution >= 0.6 is 0 Å². The van der Waals surface area contributed by atoms with E-state index in [0.717, 1.165) is 21.7 Å². The first kappa shape index (κ1) is 47.6. The maximum Gasteiger partial charge on any atom is 0.329 e. The van der Waals surface area contributed by atoms with Crippen LogP contribution in [-0.2, 0) is 29.3 Å². The van der Waals surface area contributed by atoms with Crippen molar-refractivity contribution in [3.05, 3.63) is 221 Å². The number of nitrogens with zero attached hydrogens (tertiary/aromatic N) is 3. The average molecular weight is 984 g/mol. The monoisotopic (exact) mass is 983 g/mol. The van der Waals surface area contributed by atoms with Crippen LogP contribution in [0.3, 0.4) is 0 Å². The van der Waals surface area contributed by atoms with Crippen molar-refractivity contribution in [3.8, 4) is 23.3 Å². The van der Waals surface area contributed by atoms with Gasteiger partial charge in [0.25, 0.3) is 0 Å². The number of morpholine rings is 2. The molecular weight excluding hydrogens is 931 g/mol. The molecule has 4 aliphatic heterocycles. The topological polar surface area (TPSA) is 150 Å². The van der Waals surface area contributed by atoms with Crippen LogP contribution in [0.4, 0.5) is 21.9 Å². The molecule has 3 saturated heterocycles. The maximum absolute atomic E-state index is 16.8. The fourth-order valence-corrected chi connectivity index (χ4v) is 11.3. The fourth-order valence-electron chi connectivity index (χ4n) is 11.3. The van der Waals surface area contributed by atoms with E-state index >= 15 is 19.2 Å². The van der Waals surface area contributed by atoms with E-state index in [0.29, 0.717) is 65.6 Å². The summed E-state index contributed by atoms with van der Waals surface area (Å²) in [5.41, 5.74) is 3.85. The van der Waals surface area contributed by atoms with Gasteiger partial charge < -0.3 is 34.9 Å². The molecule has 13 nitrogen and oxygen atoms in total. The van der Waals surface area contributed by atoms with Crippen LogP contribution in [0.15, 0.2) is 182 Å². The fraction of sp³-hybridized carbons (Fsp3) is 0.213. The number of phenolic OH excluding ortho intramolecular Hbond substituents is 1. The number of carbonyl (C=O) groups excluding carboxylic acids is 4. The molecule has 3 fully saturated rings. The minimum absolute atomic E-state index is 0.0304. The van der Waals surface area contributed by atoms with Gasteiger partial charge in [-0.3, -0.25) is 19.3 Å². The van der Waals surface area contributed by atoms with Gasteiger partial charge in [-0.2, -0.15) is 0 Å². The van der Waals surface area contributed by atoms with Gasteiger partial charge in [-0.15, -0.1) is 0 Å². The zero-order valence-electron chi connectivity index (χ0n) is 40.8. The minimum Gasteiger partial charge on any atom is -0.508 e. The lowest BCUT2D eigenvalue weighted by Crippen LogP contribution is -2.55. The number of cyclic esters (lactones) is 1. The number of nitrogens with one attached hydrogen (secondary N) is 2. The Morgan fingerprint density at radius 2 is 1.34 bits per heavy atom. The standard InChI is InChI=1S/C61H53N5O8/c1-39(42-12-6-3-7-13-42)62-60(71)65-51-33-22-41(19-18-40-20-31-49(72-2)32-21-40)38-50(51)61(59(65)70)52(57(68)63-46-25-27-47(28-26-46)64-34-36-73-37-35-64)54-58(69)74-55(44-16-10-5-11-17-44)53(43-14-8-4-9-15-43)66(54)56(61)45-23-29-48(67)30-24-45/h3-17,20-33,38-39,52-56,67H,34-37H2,1-2H3,(H,62,71)(H,63,68). The molecule has 74 heavy (non-hydrogen) atoms. The number of ether oxygens (including phenoxy) is 3. The van der Waals surface area contributed by atoms with Crippen LogP contribution in [-0.4, -0.2) is 73.3 Å². The second-order valence-corrected chi connectivity index (χ2v) is 18.9. The van der Waals surface area contributed by atoms with E-state index in [2.05, 4.69) is 27.4 Å². The number of imide groups is 1. The van der Waals surface area contributed by atoms with E-state index in [9.17, 15) is 5.11 Å². The van der Waals surface area contributed by atoms with Gasteiger partial charge in [0.15, 0.2) is 0 Å². The lowest BCUT2D eigenvalue weighted by molar-refractivity contribution is -0.177. The number of rotatable bonds is 9. The molecule has 7 aromatic rings. The summed E-state index contributed by atoms with van der Waals surface area (Å²) < 4.78 is 17.6. The Morgan fingerprint density at radius 1 is 0.716 bits per heavy atom. The first-order chi connectivity index (χ1) is 36.1. The molecule has 0 aromatic heterocycles. The molecule has 4 heterocycles. The molecule has 0 saturated carbocycles. The van der Waals surface area contributed by atoms with E-state index in [1.165, 1.54) is 12.1 Å². The van der Waals surface area contributed by atoms with Gasteiger partial charge in [0.2, 0.25) is 11.8 Å². The van der Waals surface area contributed by atoms with E-state index in [4.69, 9.17) is 14.2 Å². The summed E-state index contributed by atoms with van der Waals surface area (Å²) >= 11 is 0. The Balaban J connectivity index is 1.15. The molecule has 0 radical (unpaired) electrons. The quantitative estimate of drug-likeness (QED) is 0.0944. The van der Waals surface area contributed by atoms with Gasteiger partial charge in [-0.25, -0.2) is 9.69 Å². The third-order valence-corrected chi connectivity index (χ3v) is 14.7. The SMILES string of the molecule is COc1ccc(C#Cc2ccc3c(c2)C2(C(=O)N3C(=O)NC(C)c3ccccc3)C(C(=O)Nc3ccc(N4CCOCC4)cc3)C3C(=O)OC(c4ccccc4)C(c4ccccc4)N3C2c2ccc(O)cc2)cc1. The van der Waals surface area contributed by atoms with Crippen molar-refractivity contribution < 1.29 is 38.5 Å². The van der Waals surface area contributed by atoms with Crippen molar-refractivity contribution in [1.29, 1.82) is 0 Å². The van der Waals surface area contributed by atoms with Gasteiger partial charge in [-0.1, -0.05) is 115 Å². The normalized spacial score (nSPS) is 22.4. The molecule has 3 N–H and O–H groups in total. The van der Waals surface area contributed by atoms with Crippen molar-refractivity contribution in [3.63, 3.8) is 0 Å². The molecule has 0 aliphatic carbocycles. The smallest absolute Gasteiger partial charge is 0.329 e. The molecule has 1 spiro atoms. The lowest BCUT2D eigenvalue weighted by atomic mass is 9.65. The number of hydrogen-bond donors (Lipinski definition) is 3. The Bertz CT molecular complexity index is 3270. The summed E-state index contributed by atoms with van der Waals surface area (Å²) in [6.45, 7) is 4.45. The summed E-state index contributed by atoms with van der Waals surface area (Å²) in [5, 5.41) is 17.1. The summed E-state index contributed by atoms with van der Waals surface area (Å²) in [5.74, 6) is 3.53. The second kappa shape index (κ2) is 20.1. The van der Waals surface area contributed by atoms with Crippen LogP contribution in [0.2, 0.25) is 0 Å². The summed E-state index contributed by atoms with van der Waals surface area (Å²) in [7, 11) is 1.59. The highest BCUT2D eigenvalue weighted by atomic mass is 16.6. The zero-order chi connectivity index (χ0) is 50.9. The predicted molar refractivity (Wildman–Crippen MR) is 280 cm³/mol. The zero-order valence-corrected chi connectivity index (χ0v) is 40.8. The number of methoxy groups -OCH3 is 1. The number of urea groups is 1. The lowest BCUT2D eigenvalue weighted by Gasteiger charge is -2.46. The molecule has 370 valence electrons. The van der Waals surface area contributed by atoms with E-state index < -0.39 is 65.4 Å². The van der Waals surface area contributed by atoms with Gasteiger partial charge in [0.05, 0.1) is 50.1 Å². The van der Waals surface area contributed by atoms with E-state index in [1.54, 1.807) is 49.6 Å². The van der Waals surface area contributed by atoms with E-state index in [1.807, 2.05) is 139 Å². The Labute approximate surface area is 429 Å². The Kier molecular flexibility index (Phi) is 12.9. The number of hydrogen-bond acceptors (Lipinski definition) is 10. The minimum atomic E-state index is -2.04. The largest absolute Gasteiger partial charge is 0.508 e. The highest BCUT2D eigenvalue weighted by molar-refractivity contribution is 6.25. The highest BCUT2D eigenvalue weighted by Crippen LogP contribution is 2.66.